The Balaban J connectivity index is 1.41. The van der Waals surface area contributed by atoms with Crippen LogP contribution in [0.25, 0.3) is 6.08 Å². The van der Waals surface area contributed by atoms with Crippen molar-refractivity contribution in [2.45, 2.75) is 6.04 Å². The minimum atomic E-state index is -0.643. The first kappa shape index (κ1) is 21.1. The predicted octanol–water partition coefficient (Wildman–Crippen LogP) is 4.77. The molecule has 0 radical (unpaired) electrons. The molecule has 1 aliphatic rings. The van der Waals surface area contributed by atoms with Crippen LogP contribution in [-0.4, -0.2) is 25.1 Å². The molecule has 0 spiro atoms. The number of ether oxygens (including phenoxy) is 2. The van der Waals surface area contributed by atoms with Crippen LogP contribution in [0.3, 0.4) is 0 Å². The average molecular weight is 458 g/mol. The molecule has 1 aliphatic heterocycles. The van der Waals surface area contributed by atoms with Crippen LogP contribution in [-0.2, 0) is 14.3 Å². The number of fused-ring (bicyclic) bond motifs is 1. The van der Waals surface area contributed by atoms with Crippen molar-refractivity contribution in [2.24, 2.45) is 0 Å². The molecular formula is C23H17ClFNO4S. The minimum absolute atomic E-state index is 0.0441. The van der Waals surface area contributed by atoms with Crippen LogP contribution in [0.4, 0.5) is 4.39 Å². The lowest BCUT2D eigenvalue weighted by Gasteiger charge is -2.19. The summed E-state index contributed by atoms with van der Waals surface area (Å²) in [4.78, 5) is 25.8. The van der Waals surface area contributed by atoms with E-state index in [0.717, 1.165) is 10.4 Å². The molecular weight excluding hydrogens is 441 g/mol. The average Bonchev–Trinajstić information content (AvgIpc) is 3.30. The molecule has 1 N–H and O–H groups in total. The van der Waals surface area contributed by atoms with Crippen LogP contribution < -0.4 is 10.1 Å². The first-order valence-corrected chi connectivity index (χ1v) is 10.6. The monoisotopic (exact) mass is 457 g/mol. The lowest BCUT2D eigenvalue weighted by atomic mass is 10.1. The van der Waals surface area contributed by atoms with Gasteiger partial charge in [-0.15, -0.1) is 11.3 Å². The number of amides is 1. The lowest BCUT2D eigenvalue weighted by molar-refractivity contribution is -0.145. The molecule has 5 nitrogen and oxygen atoms in total. The Morgan fingerprint density at radius 2 is 2.00 bits per heavy atom. The Morgan fingerprint density at radius 3 is 2.74 bits per heavy atom. The number of thiophene rings is 1. The number of benzene rings is 2. The van der Waals surface area contributed by atoms with Gasteiger partial charge in [0.05, 0.1) is 11.6 Å². The van der Waals surface area contributed by atoms with E-state index in [0.29, 0.717) is 16.3 Å². The van der Waals surface area contributed by atoms with Crippen LogP contribution in [0.15, 0.2) is 65.6 Å². The standard InChI is InChI=1S/C23H17ClFNO4S/c24-17-5-8-19-15(11-17)10-16(12-29-19)23(28)30-13-21(27)26-22(20-2-1-9-31-20)14-3-6-18(25)7-4-14/h1-11,22H,12-13H2,(H,26,27). The molecule has 0 aliphatic carbocycles. The summed E-state index contributed by atoms with van der Waals surface area (Å²) in [5, 5.41) is 5.25. The van der Waals surface area contributed by atoms with Crippen molar-refractivity contribution in [3.8, 4) is 5.75 Å². The summed E-state index contributed by atoms with van der Waals surface area (Å²) in [6.07, 6.45) is 1.64. The molecule has 2 aromatic carbocycles. The van der Waals surface area contributed by atoms with Crippen LogP contribution in [0.2, 0.25) is 5.02 Å². The Kier molecular flexibility index (Phi) is 6.34. The van der Waals surface area contributed by atoms with Crippen LogP contribution >= 0.6 is 22.9 Å². The molecule has 158 valence electrons. The Morgan fingerprint density at radius 1 is 1.19 bits per heavy atom. The number of hydrogen-bond donors (Lipinski definition) is 1. The van der Waals surface area contributed by atoms with Gasteiger partial charge in [0.25, 0.3) is 5.91 Å². The van der Waals surface area contributed by atoms with E-state index in [-0.39, 0.29) is 18.0 Å². The topological polar surface area (TPSA) is 64.6 Å². The van der Waals surface area contributed by atoms with E-state index in [1.807, 2.05) is 17.5 Å². The zero-order chi connectivity index (χ0) is 21.8. The molecule has 0 saturated carbocycles. The van der Waals surface area contributed by atoms with Crippen molar-refractivity contribution < 1.29 is 23.5 Å². The maximum absolute atomic E-state index is 13.3. The van der Waals surface area contributed by atoms with Gasteiger partial charge in [-0.25, -0.2) is 9.18 Å². The van der Waals surface area contributed by atoms with Gasteiger partial charge in [0.15, 0.2) is 6.61 Å². The summed E-state index contributed by atoms with van der Waals surface area (Å²) < 4.78 is 24.0. The maximum atomic E-state index is 13.3. The van der Waals surface area contributed by atoms with Crippen LogP contribution in [0, 0.1) is 5.82 Å². The highest BCUT2D eigenvalue weighted by Gasteiger charge is 2.22. The number of carbonyl (C=O) groups excluding carboxylic acids is 2. The van der Waals surface area contributed by atoms with Crippen molar-refractivity contribution in [3.63, 3.8) is 0 Å². The van der Waals surface area contributed by atoms with E-state index in [2.05, 4.69) is 5.32 Å². The molecule has 2 heterocycles. The summed E-state index contributed by atoms with van der Waals surface area (Å²) >= 11 is 7.44. The first-order valence-electron chi connectivity index (χ1n) is 9.38. The summed E-state index contributed by atoms with van der Waals surface area (Å²) in [5.41, 5.74) is 1.68. The predicted molar refractivity (Wildman–Crippen MR) is 117 cm³/mol. The van der Waals surface area contributed by atoms with Gasteiger partial charge < -0.3 is 14.8 Å². The molecule has 1 unspecified atom stereocenters. The summed E-state index contributed by atoms with van der Waals surface area (Å²) in [6, 6.07) is 14.3. The number of esters is 1. The molecule has 4 rings (SSSR count). The largest absolute Gasteiger partial charge is 0.488 e. The number of rotatable bonds is 6. The van der Waals surface area contributed by atoms with Crippen molar-refractivity contribution >= 4 is 40.9 Å². The van der Waals surface area contributed by atoms with E-state index in [1.54, 1.807) is 36.4 Å². The third kappa shape index (κ3) is 5.13. The number of carbonyl (C=O) groups is 2. The summed E-state index contributed by atoms with van der Waals surface area (Å²) in [5.74, 6) is -0.858. The number of nitrogens with one attached hydrogen (secondary N) is 1. The van der Waals surface area contributed by atoms with Crippen molar-refractivity contribution in [1.82, 2.24) is 5.32 Å². The van der Waals surface area contributed by atoms with Crippen molar-refractivity contribution in [1.29, 1.82) is 0 Å². The Labute approximate surface area is 187 Å². The molecule has 0 saturated heterocycles. The van der Waals surface area contributed by atoms with Gasteiger partial charge >= 0.3 is 5.97 Å². The van der Waals surface area contributed by atoms with Crippen LogP contribution in [0.1, 0.15) is 22.0 Å². The van der Waals surface area contributed by atoms with E-state index in [4.69, 9.17) is 21.1 Å². The SMILES string of the molecule is O=C(COC(=O)C1=Cc2cc(Cl)ccc2OC1)NC(c1ccc(F)cc1)c1cccs1. The quantitative estimate of drug-likeness (QED) is 0.542. The zero-order valence-corrected chi connectivity index (χ0v) is 17.7. The molecule has 1 amide bonds. The fraction of sp³-hybridized carbons (Fsp3) is 0.130. The minimum Gasteiger partial charge on any atom is -0.488 e. The van der Waals surface area contributed by atoms with Gasteiger partial charge in [0.1, 0.15) is 18.2 Å². The smallest absolute Gasteiger partial charge is 0.338 e. The lowest BCUT2D eigenvalue weighted by Crippen LogP contribution is -2.33. The second kappa shape index (κ2) is 9.32. The van der Waals surface area contributed by atoms with Crippen molar-refractivity contribution in [2.75, 3.05) is 13.2 Å². The highest BCUT2D eigenvalue weighted by atomic mass is 35.5. The van der Waals surface area contributed by atoms with Gasteiger partial charge in [0.2, 0.25) is 0 Å². The number of halogens is 2. The van der Waals surface area contributed by atoms with E-state index in [9.17, 15) is 14.0 Å². The third-order valence-electron chi connectivity index (χ3n) is 4.62. The molecule has 31 heavy (non-hydrogen) atoms. The molecule has 1 aromatic heterocycles. The van der Waals surface area contributed by atoms with Gasteiger partial charge in [0, 0.05) is 15.5 Å². The normalized spacial score (nSPS) is 13.4. The molecule has 3 aromatic rings. The fourth-order valence-electron chi connectivity index (χ4n) is 3.12. The third-order valence-corrected chi connectivity index (χ3v) is 5.79. The fourth-order valence-corrected chi connectivity index (χ4v) is 4.11. The van der Waals surface area contributed by atoms with Gasteiger partial charge in [-0.3, -0.25) is 4.79 Å². The molecule has 8 heteroatoms. The highest BCUT2D eigenvalue weighted by molar-refractivity contribution is 7.10. The van der Waals surface area contributed by atoms with Gasteiger partial charge in [-0.2, -0.15) is 0 Å². The zero-order valence-electron chi connectivity index (χ0n) is 16.1. The highest BCUT2D eigenvalue weighted by Crippen LogP contribution is 2.29. The van der Waals surface area contributed by atoms with E-state index in [1.165, 1.54) is 23.5 Å². The van der Waals surface area contributed by atoms with Gasteiger partial charge in [-0.1, -0.05) is 29.8 Å². The molecule has 0 fully saturated rings. The summed E-state index contributed by atoms with van der Waals surface area (Å²) in [6.45, 7) is -0.413. The maximum Gasteiger partial charge on any atom is 0.338 e. The van der Waals surface area contributed by atoms with Crippen molar-refractivity contribution in [3.05, 3.63) is 92.4 Å². The number of hydrogen-bond acceptors (Lipinski definition) is 5. The second-order valence-electron chi connectivity index (χ2n) is 6.78. The Hall–Kier alpha value is -3.16. The van der Waals surface area contributed by atoms with Gasteiger partial charge in [-0.05, 0) is 53.4 Å². The molecule has 1 atom stereocenters. The van der Waals surface area contributed by atoms with Crippen LogP contribution in [0.5, 0.6) is 5.75 Å². The van der Waals surface area contributed by atoms with E-state index < -0.39 is 24.5 Å². The Bertz CT molecular complexity index is 1130. The molecule has 0 bridgehead atoms. The first-order chi connectivity index (χ1) is 15.0. The second-order valence-corrected chi connectivity index (χ2v) is 8.20. The summed E-state index contributed by atoms with van der Waals surface area (Å²) in [7, 11) is 0. The van der Waals surface area contributed by atoms with E-state index >= 15 is 0 Å².